The summed E-state index contributed by atoms with van der Waals surface area (Å²) in [5, 5.41) is 3.37. The number of fused-ring (bicyclic) bond motifs is 8. The third-order valence-electron chi connectivity index (χ3n) is 15.7. The van der Waals surface area contributed by atoms with Crippen LogP contribution in [0.15, 0.2) is 35.9 Å². The fraction of sp³-hybridized carbons (Fsp3) is 0.698. The highest BCUT2D eigenvalue weighted by atomic mass is 32.1. The minimum absolute atomic E-state index is 0.00561. The Bertz CT molecular complexity index is 1800. The van der Waals surface area contributed by atoms with Crippen LogP contribution in [0.2, 0.25) is 0 Å². The summed E-state index contributed by atoms with van der Waals surface area (Å²) >= 11 is 1.41. The number of benzene rings is 1. The van der Waals surface area contributed by atoms with Gasteiger partial charge in [0.1, 0.15) is 6.10 Å². The molecule has 0 aliphatic heterocycles. The Balaban J connectivity index is 1.07. The second kappa shape index (κ2) is 12.8. The van der Waals surface area contributed by atoms with Crippen LogP contribution in [0, 0.1) is 50.2 Å². The lowest BCUT2D eigenvalue weighted by atomic mass is 9.33. The van der Waals surface area contributed by atoms with Crippen LogP contribution >= 0.6 is 11.3 Å². The summed E-state index contributed by atoms with van der Waals surface area (Å²) in [6, 6.07) is 7.73. The van der Waals surface area contributed by atoms with Crippen molar-refractivity contribution >= 4 is 50.3 Å². The van der Waals surface area contributed by atoms with Crippen molar-refractivity contribution < 1.29 is 28.7 Å². The predicted molar refractivity (Wildman–Crippen MR) is 203 cm³/mol. The fourth-order valence-electron chi connectivity index (χ4n) is 12.4. The molecule has 1 amide bonds. The zero-order valence-electron chi connectivity index (χ0n) is 32.5. The maximum atomic E-state index is 14.8. The monoisotopic (exact) mass is 730 g/mol. The third-order valence-corrected chi connectivity index (χ3v) is 16.6. The molecule has 4 saturated carbocycles. The van der Waals surface area contributed by atoms with E-state index in [0.29, 0.717) is 18.2 Å². The first-order valence-electron chi connectivity index (χ1n) is 19.7. The molecule has 7 rings (SSSR count). The SMILES string of the molecule is CCOC(=O)[C@@]1(C)CC[C@]2(C)CC[C@]3(C)C(=CC(=O)[C@@H]4[C@@]5(C)CC[C@H](OC(=O)CCC(=O)Nc6nc7ccccc7s6)C(C)(C)[C@@H]5CC[C@]43C)[C@@H]2C1. The highest BCUT2D eigenvalue weighted by Crippen LogP contribution is 2.75. The van der Waals surface area contributed by atoms with Gasteiger partial charge in [0.05, 0.1) is 28.7 Å². The van der Waals surface area contributed by atoms with E-state index in [1.54, 1.807) is 0 Å². The van der Waals surface area contributed by atoms with Crippen LogP contribution in [0.25, 0.3) is 10.2 Å². The standard InChI is InChI=1S/C43H58N2O6S/c1-9-50-36(49)40(5)21-20-39(4)22-23-42(7)26(27(39)25-40)24-29(46)35-41(6)18-17-32(38(2,3)31(41)16-19-43(35,42)8)51-34(48)15-14-33(47)45-37-44-28-12-10-11-13-30(28)52-37/h10-13,24,27,31-32,35H,9,14-23,25H2,1-8H3,(H,44,45,47)/t27-,31-,32-,35+,39+,40-,41-,42+,43+/m0/s1. The lowest BCUT2D eigenvalue weighted by molar-refractivity contribution is -0.211. The Morgan fingerprint density at radius 1 is 0.923 bits per heavy atom. The first-order valence-corrected chi connectivity index (χ1v) is 20.5. The van der Waals surface area contributed by atoms with Crippen LogP contribution in [0.5, 0.6) is 0 Å². The van der Waals surface area contributed by atoms with Crippen molar-refractivity contribution in [1.82, 2.24) is 4.98 Å². The molecule has 1 N–H and O–H groups in total. The summed E-state index contributed by atoms with van der Waals surface area (Å²) < 4.78 is 12.8. The van der Waals surface area contributed by atoms with E-state index in [1.807, 2.05) is 31.2 Å². The molecule has 2 aromatic rings. The molecule has 5 aliphatic carbocycles. The summed E-state index contributed by atoms with van der Waals surface area (Å²) in [6.45, 7) is 18.3. The molecule has 1 aromatic heterocycles. The first-order chi connectivity index (χ1) is 24.4. The predicted octanol–water partition coefficient (Wildman–Crippen LogP) is 9.47. The van der Waals surface area contributed by atoms with E-state index in [4.69, 9.17) is 9.47 Å². The second-order valence-electron chi connectivity index (χ2n) is 18.8. The number of carbonyl (C=O) groups excluding carboxylic acids is 4. The van der Waals surface area contributed by atoms with Gasteiger partial charge in [-0.05, 0) is 123 Å². The highest BCUT2D eigenvalue weighted by molar-refractivity contribution is 7.22. The van der Waals surface area contributed by atoms with Gasteiger partial charge >= 0.3 is 11.9 Å². The van der Waals surface area contributed by atoms with Gasteiger partial charge in [0.15, 0.2) is 10.9 Å². The molecule has 9 heteroatoms. The maximum absolute atomic E-state index is 14.8. The summed E-state index contributed by atoms with van der Waals surface area (Å²) in [4.78, 5) is 58.5. The average Bonchev–Trinajstić information content (AvgIpc) is 3.49. The number of para-hydroxylation sites is 1. The maximum Gasteiger partial charge on any atom is 0.311 e. The van der Waals surface area contributed by atoms with E-state index in [0.717, 1.165) is 61.6 Å². The number of allylic oxidation sites excluding steroid dienone is 2. The highest BCUT2D eigenvalue weighted by Gasteiger charge is 2.70. The van der Waals surface area contributed by atoms with Gasteiger partial charge in [0.25, 0.3) is 0 Å². The minimum atomic E-state index is -0.538. The minimum Gasteiger partial charge on any atom is -0.466 e. The quantitative estimate of drug-likeness (QED) is 0.283. The summed E-state index contributed by atoms with van der Waals surface area (Å²) in [6.07, 6.45) is 9.90. The molecular weight excluding hydrogens is 673 g/mol. The molecule has 0 spiro atoms. The van der Waals surface area contributed by atoms with E-state index < -0.39 is 5.41 Å². The number of ether oxygens (including phenoxy) is 2. The van der Waals surface area contributed by atoms with Crippen molar-refractivity contribution in [3.05, 3.63) is 35.9 Å². The van der Waals surface area contributed by atoms with Crippen molar-refractivity contribution in [2.24, 2.45) is 50.2 Å². The van der Waals surface area contributed by atoms with E-state index >= 15 is 0 Å². The van der Waals surface area contributed by atoms with Crippen molar-refractivity contribution in [3.8, 4) is 0 Å². The molecule has 5 aliphatic rings. The van der Waals surface area contributed by atoms with Gasteiger partial charge in [-0.15, -0.1) is 0 Å². The van der Waals surface area contributed by atoms with Crippen molar-refractivity contribution in [3.63, 3.8) is 0 Å². The molecule has 1 aromatic carbocycles. The van der Waals surface area contributed by atoms with Crippen molar-refractivity contribution in [2.75, 3.05) is 11.9 Å². The zero-order valence-corrected chi connectivity index (χ0v) is 33.3. The van der Waals surface area contributed by atoms with Crippen LogP contribution in [0.1, 0.15) is 126 Å². The third kappa shape index (κ3) is 5.69. The molecule has 282 valence electrons. The topological polar surface area (TPSA) is 112 Å². The Hall–Kier alpha value is -3.07. The van der Waals surface area contributed by atoms with Crippen molar-refractivity contribution in [1.29, 1.82) is 0 Å². The van der Waals surface area contributed by atoms with Gasteiger partial charge in [0.2, 0.25) is 5.91 Å². The average molecular weight is 731 g/mol. The molecule has 0 radical (unpaired) electrons. The Kier molecular flexibility index (Phi) is 9.15. The second-order valence-corrected chi connectivity index (χ2v) is 19.9. The number of esters is 2. The van der Waals surface area contributed by atoms with Crippen LogP contribution < -0.4 is 5.32 Å². The van der Waals surface area contributed by atoms with Gasteiger partial charge in [-0.1, -0.05) is 70.6 Å². The number of nitrogens with one attached hydrogen (secondary N) is 1. The summed E-state index contributed by atoms with van der Waals surface area (Å²) in [5.41, 5.74) is 0.717. The molecule has 1 heterocycles. The van der Waals surface area contributed by atoms with Gasteiger partial charge in [0, 0.05) is 17.8 Å². The number of hydrogen-bond donors (Lipinski definition) is 1. The molecule has 4 fully saturated rings. The summed E-state index contributed by atoms with van der Waals surface area (Å²) in [7, 11) is 0. The molecule has 0 saturated heterocycles. The zero-order chi connectivity index (χ0) is 37.5. The molecule has 8 nitrogen and oxygen atoms in total. The van der Waals surface area contributed by atoms with E-state index in [2.05, 4.69) is 64.8 Å². The Morgan fingerprint density at radius 3 is 2.38 bits per heavy atom. The lowest BCUT2D eigenvalue weighted by Gasteiger charge is -2.70. The molecule has 52 heavy (non-hydrogen) atoms. The fourth-order valence-corrected chi connectivity index (χ4v) is 13.3. The lowest BCUT2D eigenvalue weighted by Crippen LogP contribution is -2.66. The molecule has 9 atom stereocenters. The molecule has 0 unspecified atom stereocenters. The number of carbonyl (C=O) groups is 4. The number of aromatic nitrogens is 1. The number of amides is 1. The number of nitrogens with zero attached hydrogens (tertiary/aromatic N) is 1. The number of hydrogen-bond acceptors (Lipinski definition) is 8. The summed E-state index contributed by atoms with van der Waals surface area (Å²) in [5.74, 6) is -0.211. The normalized spacial score (nSPS) is 39.2. The van der Waals surface area contributed by atoms with E-state index in [9.17, 15) is 19.2 Å². The van der Waals surface area contributed by atoms with E-state index in [1.165, 1.54) is 16.9 Å². The van der Waals surface area contributed by atoms with Gasteiger partial charge in [-0.2, -0.15) is 0 Å². The van der Waals surface area contributed by atoms with Gasteiger partial charge in [-0.25, -0.2) is 4.98 Å². The number of ketones is 1. The van der Waals surface area contributed by atoms with Crippen LogP contribution in [-0.2, 0) is 28.7 Å². The van der Waals surface area contributed by atoms with E-state index in [-0.39, 0.29) is 87.4 Å². The van der Waals surface area contributed by atoms with Crippen molar-refractivity contribution in [2.45, 2.75) is 132 Å². The molecule has 0 bridgehead atoms. The smallest absolute Gasteiger partial charge is 0.311 e. The van der Waals surface area contributed by atoms with Crippen LogP contribution in [0.3, 0.4) is 0 Å². The number of rotatable bonds is 7. The molecular formula is C43H58N2O6S. The first kappa shape index (κ1) is 37.3. The van der Waals surface area contributed by atoms with Gasteiger partial charge in [-0.3, -0.25) is 19.2 Å². The number of anilines is 1. The van der Waals surface area contributed by atoms with Crippen LogP contribution in [-0.4, -0.2) is 41.3 Å². The Labute approximate surface area is 313 Å². The van der Waals surface area contributed by atoms with Crippen LogP contribution in [0.4, 0.5) is 5.13 Å². The Morgan fingerprint density at radius 2 is 1.65 bits per heavy atom. The number of thiazole rings is 1. The van der Waals surface area contributed by atoms with Gasteiger partial charge < -0.3 is 14.8 Å². The largest absolute Gasteiger partial charge is 0.466 e.